The van der Waals surface area contributed by atoms with Crippen LogP contribution >= 0.6 is 0 Å². The van der Waals surface area contributed by atoms with Crippen molar-refractivity contribution in [2.75, 3.05) is 6.54 Å². The number of hydrogen-bond donors (Lipinski definition) is 2. The molecule has 0 bridgehead atoms. The van der Waals surface area contributed by atoms with Crippen LogP contribution in [0.3, 0.4) is 0 Å². The highest BCUT2D eigenvalue weighted by molar-refractivity contribution is 6.00. The van der Waals surface area contributed by atoms with Gasteiger partial charge in [0.05, 0.1) is 6.04 Å². The first-order valence-electron chi connectivity index (χ1n) is 10.0. The molecule has 1 aromatic carbocycles. The second-order valence-electron chi connectivity index (χ2n) is 9.37. The Bertz CT molecular complexity index is 753. The lowest BCUT2D eigenvalue weighted by atomic mass is 9.77. The first-order valence-corrected chi connectivity index (χ1v) is 10.0. The molecule has 1 aliphatic rings. The predicted molar refractivity (Wildman–Crippen MR) is 111 cm³/mol. The van der Waals surface area contributed by atoms with E-state index in [0.717, 1.165) is 5.56 Å². The van der Waals surface area contributed by atoms with Crippen molar-refractivity contribution in [1.82, 2.24) is 15.5 Å². The van der Waals surface area contributed by atoms with Gasteiger partial charge in [-0.3, -0.25) is 9.69 Å². The fourth-order valence-corrected chi connectivity index (χ4v) is 3.47. The molecule has 0 radical (unpaired) electrons. The van der Waals surface area contributed by atoms with Gasteiger partial charge in [-0.15, -0.1) is 0 Å². The zero-order valence-corrected chi connectivity index (χ0v) is 18.4. The Morgan fingerprint density at radius 1 is 1.14 bits per heavy atom. The van der Waals surface area contributed by atoms with Crippen LogP contribution in [-0.4, -0.2) is 47.2 Å². The van der Waals surface area contributed by atoms with E-state index in [1.165, 1.54) is 4.90 Å². The van der Waals surface area contributed by atoms with Gasteiger partial charge in [0.15, 0.2) is 0 Å². The van der Waals surface area contributed by atoms with Crippen LogP contribution in [0.2, 0.25) is 0 Å². The number of urea groups is 1. The number of hydrogen-bond acceptors (Lipinski definition) is 4. The summed E-state index contributed by atoms with van der Waals surface area (Å²) in [7, 11) is 0. The molecule has 1 aromatic rings. The molecule has 1 saturated heterocycles. The maximum atomic E-state index is 13.6. The second kappa shape index (κ2) is 8.43. The number of carbonyl (C=O) groups is 3. The summed E-state index contributed by atoms with van der Waals surface area (Å²) in [5.74, 6) is -0.363. The number of imide groups is 1. The lowest BCUT2D eigenvalue weighted by Gasteiger charge is -2.38. The number of amides is 4. The molecule has 2 rings (SSSR count). The number of ether oxygens (including phenoxy) is 1. The third kappa shape index (κ3) is 5.28. The smallest absolute Gasteiger partial charge is 0.408 e. The summed E-state index contributed by atoms with van der Waals surface area (Å²) in [6.45, 7) is 13.3. The Hall–Kier alpha value is -2.57. The molecular formula is C22H33N3O4. The van der Waals surface area contributed by atoms with Crippen molar-refractivity contribution in [3.63, 3.8) is 0 Å². The number of nitrogens with one attached hydrogen (secondary N) is 2. The van der Waals surface area contributed by atoms with Crippen LogP contribution in [-0.2, 0) is 14.9 Å². The van der Waals surface area contributed by atoms with E-state index in [2.05, 4.69) is 10.6 Å². The minimum Gasteiger partial charge on any atom is -0.444 e. The van der Waals surface area contributed by atoms with Crippen LogP contribution < -0.4 is 10.6 Å². The monoisotopic (exact) mass is 403 g/mol. The highest BCUT2D eigenvalue weighted by Gasteiger charge is 2.46. The van der Waals surface area contributed by atoms with Crippen molar-refractivity contribution in [2.45, 2.75) is 71.6 Å². The Morgan fingerprint density at radius 3 is 2.24 bits per heavy atom. The fourth-order valence-electron chi connectivity index (χ4n) is 3.47. The van der Waals surface area contributed by atoms with Crippen LogP contribution in [0.15, 0.2) is 30.3 Å². The van der Waals surface area contributed by atoms with Gasteiger partial charge in [0, 0.05) is 12.0 Å². The van der Waals surface area contributed by atoms with Crippen molar-refractivity contribution >= 4 is 18.0 Å². The van der Waals surface area contributed by atoms with E-state index in [0.29, 0.717) is 6.54 Å². The molecule has 0 spiro atoms. The van der Waals surface area contributed by atoms with Crippen LogP contribution in [0.1, 0.15) is 54.0 Å². The topological polar surface area (TPSA) is 87.7 Å². The first-order chi connectivity index (χ1) is 13.3. The third-order valence-electron chi connectivity index (χ3n) is 5.17. The summed E-state index contributed by atoms with van der Waals surface area (Å²) in [6, 6.07) is 7.77. The van der Waals surface area contributed by atoms with Gasteiger partial charge in [-0.2, -0.15) is 0 Å². The molecule has 7 heteroatoms. The summed E-state index contributed by atoms with van der Waals surface area (Å²) < 4.78 is 5.39. The van der Waals surface area contributed by atoms with Gasteiger partial charge in [0.25, 0.3) is 5.91 Å². The first kappa shape index (κ1) is 22.7. The molecule has 0 unspecified atom stereocenters. The molecule has 0 aromatic heterocycles. The number of nitrogens with zero attached hydrogens (tertiary/aromatic N) is 1. The van der Waals surface area contributed by atoms with E-state index in [1.807, 2.05) is 58.0 Å². The van der Waals surface area contributed by atoms with Gasteiger partial charge in [0.2, 0.25) is 0 Å². The van der Waals surface area contributed by atoms with Gasteiger partial charge in [0.1, 0.15) is 11.6 Å². The molecule has 2 atom stereocenters. The molecule has 4 amide bonds. The summed E-state index contributed by atoms with van der Waals surface area (Å²) in [5, 5.41) is 5.48. The maximum absolute atomic E-state index is 13.6. The standard InChI is InChI=1S/C22H33N3O4/c1-14(2)16-13-23-19(27)25(16)18(26)17(24-20(28)29-21(3,4)5)22(6,7)15-11-9-8-10-12-15/h8-12,14,16-17H,13H2,1-7H3,(H,23,27)(H,24,28)/t16-,17-/m1/s1. The quantitative estimate of drug-likeness (QED) is 0.788. The van der Waals surface area contributed by atoms with Gasteiger partial charge >= 0.3 is 12.1 Å². The average molecular weight is 404 g/mol. The molecule has 0 saturated carbocycles. The normalized spacial score (nSPS) is 18.4. The van der Waals surface area contributed by atoms with Gasteiger partial charge in [-0.25, -0.2) is 9.59 Å². The van der Waals surface area contributed by atoms with E-state index >= 15 is 0 Å². The average Bonchev–Trinajstić information content (AvgIpc) is 3.00. The van der Waals surface area contributed by atoms with E-state index in [1.54, 1.807) is 20.8 Å². The molecule has 0 aliphatic carbocycles. The van der Waals surface area contributed by atoms with Crippen molar-refractivity contribution in [3.05, 3.63) is 35.9 Å². The lowest BCUT2D eigenvalue weighted by molar-refractivity contribution is -0.133. The number of benzene rings is 1. The highest BCUT2D eigenvalue weighted by atomic mass is 16.6. The Morgan fingerprint density at radius 2 is 1.72 bits per heavy atom. The van der Waals surface area contributed by atoms with Crippen molar-refractivity contribution < 1.29 is 19.1 Å². The fraction of sp³-hybridized carbons (Fsp3) is 0.591. The van der Waals surface area contributed by atoms with Gasteiger partial charge in [-0.05, 0) is 32.3 Å². The van der Waals surface area contributed by atoms with Crippen LogP contribution in [0.5, 0.6) is 0 Å². The minimum atomic E-state index is -0.982. The third-order valence-corrected chi connectivity index (χ3v) is 5.17. The highest BCUT2D eigenvalue weighted by Crippen LogP contribution is 2.30. The van der Waals surface area contributed by atoms with E-state index in [4.69, 9.17) is 4.74 Å². The SMILES string of the molecule is CC(C)[C@H]1CNC(=O)N1C(=O)[C@@H](NC(=O)OC(C)(C)C)C(C)(C)c1ccccc1. The lowest BCUT2D eigenvalue weighted by Crippen LogP contribution is -2.60. The minimum absolute atomic E-state index is 0.0833. The molecule has 1 aliphatic heterocycles. The molecule has 29 heavy (non-hydrogen) atoms. The van der Waals surface area contributed by atoms with Gasteiger partial charge < -0.3 is 15.4 Å². The zero-order valence-electron chi connectivity index (χ0n) is 18.4. The Kier molecular flexibility index (Phi) is 6.60. The van der Waals surface area contributed by atoms with E-state index in [9.17, 15) is 14.4 Å². The van der Waals surface area contributed by atoms with Gasteiger partial charge in [-0.1, -0.05) is 58.0 Å². The van der Waals surface area contributed by atoms with Crippen molar-refractivity contribution in [2.24, 2.45) is 5.92 Å². The molecular weight excluding hydrogens is 370 g/mol. The predicted octanol–water partition coefficient (Wildman–Crippen LogP) is 3.43. The zero-order chi connectivity index (χ0) is 22.0. The Labute approximate surface area is 173 Å². The summed E-state index contributed by atoms with van der Waals surface area (Å²) in [4.78, 5) is 39.9. The van der Waals surface area contributed by atoms with E-state index < -0.39 is 35.1 Å². The molecule has 1 heterocycles. The van der Waals surface area contributed by atoms with Crippen LogP contribution in [0.4, 0.5) is 9.59 Å². The molecule has 2 N–H and O–H groups in total. The largest absolute Gasteiger partial charge is 0.444 e. The Balaban J connectivity index is 2.42. The molecule has 1 fully saturated rings. The number of alkyl carbamates (subject to hydrolysis) is 1. The molecule has 7 nitrogen and oxygen atoms in total. The maximum Gasteiger partial charge on any atom is 0.408 e. The second-order valence-corrected chi connectivity index (χ2v) is 9.37. The summed E-state index contributed by atoms with van der Waals surface area (Å²) in [5.41, 5.74) is -0.616. The number of rotatable bonds is 5. The molecule has 160 valence electrons. The van der Waals surface area contributed by atoms with Crippen molar-refractivity contribution in [1.29, 1.82) is 0 Å². The van der Waals surface area contributed by atoms with Crippen LogP contribution in [0, 0.1) is 5.92 Å². The number of carbonyl (C=O) groups excluding carboxylic acids is 3. The summed E-state index contributed by atoms with van der Waals surface area (Å²) in [6.07, 6.45) is -0.694. The van der Waals surface area contributed by atoms with Crippen molar-refractivity contribution in [3.8, 4) is 0 Å². The summed E-state index contributed by atoms with van der Waals surface area (Å²) >= 11 is 0. The van der Waals surface area contributed by atoms with Crippen LogP contribution in [0.25, 0.3) is 0 Å². The van der Waals surface area contributed by atoms with E-state index in [-0.39, 0.29) is 12.0 Å².